The number of hydrogen-bond donors (Lipinski definition) is 3. The molecule has 2 aliphatic heterocycles. The first-order valence-electron chi connectivity index (χ1n) is 9.89. The van der Waals surface area contributed by atoms with Crippen LogP contribution in [0.4, 0.5) is 0 Å². The molecule has 10 nitrogen and oxygen atoms in total. The number of ether oxygens (including phenoxy) is 2. The van der Waals surface area contributed by atoms with Crippen LogP contribution >= 0.6 is 15.9 Å². The second-order valence-corrected chi connectivity index (χ2v) is 10.3. The number of fused-ring (bicyclic) bond motifs is 1. The van der Waals surface area contributed by atoms with Crippen molar-refractivity contribution < 1.29 is 27.5 Å². The van der Waals surface area contributed by atoms with Gasteiger partial charge in [0.05, 0.1) is 12.7 Å². The molecule has 4 N–H and O–H groups in total. The zero-order chi connectivity index (χ0) is 22.2. The molecule has 1 aromatic carbocycles. The van der Waals surface area contributed by atoms with Crippen LogP contribution in [-0.2, 0) is 24.3 Å². The molecule has 2 unspecified atom stereocenters. The van der Waals surface area contributed by atoms with E-state index in [-0.39, 0.29) is 36.4 Å². The lowest BCUT2D eigenvalue weighted by Gasteiger charge is -2.31. The number of sulfonamides is 1. The molecule has 0 spiro atoms. The predicted molar refractivity (Wildman–Crippen MR) is 115 cm³/mol. The fourth-order valence-corrected chi connectivity index (χ4v) is 5.97. The highest BCUT2D eigenvalue weighted by molar-refractivity contribution is 9.10. The zero-order valence-corrected chi connectivity index (χ0v) is 19.0. The maximum absolute atomic E-state index is 13.5. The number of nitrogens with zero attached hydrogens (tertiary/aromatic N) is 1. The molecule has 2 aliphatic rings. The van der Waals surface area contributed by atoms with Crippen LogP contribution in [0.5, 0.6) is 0 Å². The number of H-pyrrole nitrogens is 1. The molecule has 2 aromatic rings. The summed E-state index contributed by atoms with van der Waals surface area (Å²) in [5.74, 6) is -1.28. The third kappa shape index (κ3) is 4.48. The third-order valence-electron chi connectivity index (χ3n) is 5.41. The van der Waals surface area contributed by atoms with E-state index in [1.807, 2.05) is 0 Å². The van der Waals surface area contributed by atoms with Crippen LogP contribution in [0.1, 0.15) is 23.3 Å². The number of benzene rings is 1. The highest BCUT2D eigenvalue weighted by atomic mass is 79.9. The summed E-state index contributed by atoms with van der Waals surface area (Å²) >= 11 is 3.33. The van der Waals surface area contributed by atoms with Crippen LogP contribution in [-0.4, -0.2) is 74.6 Å². The fourth-order valence-electron chi connectivity index (χ4n) is 3.85. The number of nitrogens with two attached hydrogens (primary N) is 1. The molecule has 2 saturated heterocycles. The number of rotatable bonds is 6. The Hall–Kier alpha value is -1.99. The largest absolute Gasteiger partial charge is 0.376 e. The van der Waals surface area contributed by atoms with E-state index in [1.165, 1.54) is 0 Å². The summed E-state index contributed by atoms with van der Waals surface area (Å²) in [6.07, 6.45) is 0.836. The Morgan fingerprint density at radius 1 is 1.29 bits per heavy atom. The van der Waals surface area contributed by atoms with Crippen molar-refractivity contribution in [2.45, 2.75) is 29.9 Å². The van der Waals surface area contributed by atoms with Gasteiger partial charge in [-0.2, -0.15) is 4.31 Å². The van der Waals surface area contributed by atoms with Crippen molar-refractivity contribution in [3.05, 3.63) is 28.4 Å². The number of carbonyl (C=O) groups excluding carboxylic acids is 2. The highest BCUT2D eigenvalue weighted by Gasteiger charge is 2.38. The molecule has 3 heterocycles. The van der Waals surface area contributed by atoms with Crippen molar-refractivity contribution in [1.29, 1.82) is 0 Å². The van der Waals surface area contributed by atoms with Crippen molar-refractivity contribution in [2.24, 2.45) is 5.73 Å². The van der Waals surface area contributed by atoms with Crippen LogP contribution in [0.3, 0.4) is 0 Å². The van der Waals surface area contributed by atoms with Crippen molar-refractivity contribution >= 4 is 48.7 Å². The quantitative estimate of drug-likeness (QED) is 0.517. The van der Waals surface area contributed by atoms with Crippen molar-refractivity contribution in [3.8, 4) is 0 Å². The Morgan fingerprint density at radius 3 is 2.81 bits per heavy atom. The molecule has 1 aromatic heterocycles. The average molecular weight is 515 g/mol. The number of amides is 2. The summed E-state index contributed by atoms with van der Waals surface area (Å²) in [5, 5.41) is 3.11. The minimum absolute atomic E-state index is 0.0323. The van der Waals surface area contributed by atoms with Gasteiger partial charge >= 0.3 is 0 Å². The normalized spacial score (nSPS) is 22.6. The molecule has 12 heteroatoms. The SMILES string of the molecule is NC(=O)c1[nH]c2ccc(Br)cc2c1S(=O)(=O)N1CCOC(C(=O)NCC2CCCO2)C1. The number of nitrogens with one attached hydrogen (secondary N) is 2. The van der Waals surface area contributed by atoms with E-state index in [9.17, 15) is 18.0 Å². The molecule has 0 bridgehead atoms. The van der Waals surface area contributed by atoms with Crippen LogP contribution in [0, 0.1) is 0 Å². The molecule has 0 saturated carbocycles. The van der Waals surface area contributed by atoms with Crippen molar-refractivity contribution in [3.63, 3.8) is 0 Å². The third-order valence-corrected chi connectivity index (χ3v) is 7.85. The Kier molecular flexibility index (Phi) is 6.35. The standard InChI is InChI=1S/C19H23BrN4O6S/c20-11-3-4-14-13(8-11)17(16(23-14)18(21)25)31(27,28)24-5-7-30-15(10-24)19(26)22-9-12-2-1-6-29-12/h3-4,8,12,15,23H,1-2,5-7,9-10H2,(H2,21,25)(H,22,26). The summed E-state index contributed by atoms with van der Waals surface area (Å²) < 4.78 is 39.8. The van der Waals surface area contributed by atoms with Crippen LogP contribution in [0.15, 0.2) is 27.6 Å². The minimum Gasteiger partial charge on any atom is -0.376 e. The van der Waals surface area contributed by atoms with E-state index in [2.05, 4.69) is 26.2 Å². The van der Waals surface area contributed by atoms with Crippen LogP contribution in [0.2, 0.25) is 0 Å². The second-order valence-electron chi connectivity index (χ2n) is 7.49. The minimum atomic E-state index is -4.14. The first-order valence-corrected chi connectivity index (χ1v) is 12.1. The van der Waals surface area contributed by atoms with Gasteiger partial charge in [0.15, 0.2) is 0 Å². The van der Waals surface area contributed by atoms with Crippen molar-refractivity contribution in [2.75, 3.05) is 32.8 Å². The van der Waals surface area contributed by atoms with E-state index >= 15 is 0 Å². The fraction of sp³-hybridized carbons (Fsp3) is 0.474. The molecule has 2 amide bonds. The topological polar surface area (TPSA) is 144 Å². The van der Waals surface area contributed by atoms with Crippen LogP contribution in [0.25, 0.3) is 10.9 Å². The number of morpholine rings is 1. The lowest BCUT2D eigenvalue weighted by Crippen LogP contribution is -2.52. The lowest BCUT2D eigenvalue weighted by molar-refractivity contribution is -0.136. The van der Waals surface area contributed by atoms with Gasteiger partial charge in [-0.25, -0.2) is 8.42 Å². The van der Waals surface area contributed by atoms with Gasteiger partial charge in [-0.05, 0) is 31.0 Å². The van der Waals surface area contributed by atoms with Gasteiger partial charge in [-0.15, -0.1) is 0 Å². The first kappa shape index (κ1) is 22.2. The van der Waals surface area contributed by atoms with Crippen LogP contribution < -0.4 is 11.1 Å². The molecule has 168 valence electrons. The number of carbonyl (C=O) groups is 2. The van der Waals surface area contributed by atoms with Gasteiger partial charge in [0.25, 0.3) is 11.8 Å². The lowest BCUT2D eigenvalue weighted by atomic mass is 10.2. The van der Waals surface area contributed by atoms with Gasteiger partial charge in [-0.1, -0.05) is 15.9 Å². The van der Waals surface area contributed by atoms with E-state index in [4.69, 9.17) is 15.2 Å². The molecular weight excluding hydrogens is 492 g/mol. The molecule has 4 rings (SSSR count). The summed E-state index contributed by atoms with van der Waals surface area (Å²) in [7, 11) is -4.14. The van der Waals surface area contributed by atoms with E-state index < -0.39 is 27.9 Å². The number of aromatic amines is 1. The number of hydrogen-bond acceptors (Lipinski definition) is 6. The molecule has 2 atom stereocenters. The highest BCUT2D eigenvalue weighted by Crippen LogP contribution is 2.32. The molecule has 0 radical (unpaired) electrons. The molecule has 0 aliphatic carbocycles. The van der Waals surface area contributed by atoms with Gasteiger partial charge < -0.3 is 25.5 Å². The smallest absolute Gasteiger partial charge is 0.266 e. The van der Waals surface area contributed by atoms with E-state index in [0.717, 1.165) is 17.1 Å². The number of primary amides is 1. The molecule has 2 fully saturated rings. The summed E-state index contributed by atoms with van der Waals surface area (Å²) in [6, 6.07) is 4.99. The summed E-state index contributed by atoms with van der Waals surface area (Å²) in [4.78, 5) is 27.1. The van der Waals surface area contributed by atoms with Gasteiger partial charge in [0, 0.05) is 41.6 Å². The Labute approximate surface area is 187 Å². The number of halogens is 1. The first-order chi connectivity index (χ1) is 14.8. The van der Waals surface area contributed by atoms with Gasteiger partial charge in [-0.3, -0.25) is 9.59 Å². The maximum atomic E-state index is 13.5. The Balaban J connectivity index is 1.58. The predicted octanol–water partition coefficient (Wildman–Crippen LogP) is 0.714. The monoisotopic (exact) mass is 514 g/mol. The molecule has 31 heavy (non-hydrogen) atoms. The molecular formula is C19H23BrN4O6S. The second kappa shape index (κ2) is 8.87. The van der Waals surface area contributed by atoms with Crippen molar-refractivity contribution in [1.82, 2.24) is 14.6 Å². The van der Waals surface area contributed by atoms with E-state index in [0.29, 0.717) is 28.5 Å². The maximum Gasteiger partial charge on any atom is 0.266 e. The summed E-state index contributed by atoms with van der Waals surface area (Å²) in [5.41, 5.74) is 5.72. The Bertz CT molecular complexity index is 1110. The van der Waals surface area contributed by atoms with E-state index in [1.54, 1.807) is 18.2 Å². The zero-order valence-electron chi connectivity index (χ0n) is 16.6. The number of aromatic nitrogens is 1. The average Bonchev–Trinajstić information content (AvgIpc) is 3.39. The Morgan fingerprint density at radius 2 is 2.10 bits per heavy atom. The summed E-state index contributed by atoms with van der Waals surface area (Å²) in [6.45, 7) is 0.966. The van der Waals surface area contributed by atoms with Gasteiger partial charge in [0.2, 0.25) is 10.0 Å². The van der Waals surface area contributed by atoms with Gasteiger partial charge in [0.1, 0.15) is 16.7 Å².